The van der Waals surface area contributed by atoms with E-state index in [1.54, 1.807) is 12.0 Å². The summed E-state index contributed by atoms with van der Waals surface area (Å²) in [6.07, 6.45) is 7.83. The molecule has 0 aromatic carbocycles. The molecule has 0 spiro atoms. The third kappa shape index (κ3) is 1.08. The highest BCUT2D eigenvalue weighted by atomic mass is 16.1. The average Bonchev–Trinajstić information content (AvgIpc) is 2.19. The van der Waals surface area contributed by atoms with Gasteiger partial charge >= 0.3 is 0 Å². The molecule has 1 heteroatoms. The van der Waals surface area contributed by atoms with Crippen LogP contribution in [0.3, 0.4) is 0 Å². The maximum atomic E-state index is 9.75. The molecule has 8 heavy (non-hydrogen) atoms. The van der Waals surface area contributed by atoms with Gasteiger partial charge in [0.15, 0.2) is 0 Å². The van der Waals surface area contributed by atoms with Gasteiger partial charge in [0.25, 0.3) is 0 Å². The second kappa shape index (κ2) is 2.49. The quantitative estimate of drug-likeness (QED) is 0.366. The summed E-state index contributed by atoms with van der Waals surface area (Å²) in [7, 11) is 0. The Morgan fingerprint density at radius 3 is 2.62 bits per heavy atom. The molecular weight excluding hydrogens is 100 g/mol. The Labute approximate surface area is 48.7 Å². The Hall–Kier alpha value is -0.810. The molecule has 1 nitrogen and oxygen atoms in total. The van der Waals surface area contributed by atoms with Crippen LogP contribution in [0.5, 0.6) is 0 Å². The van der Waals surface area contributed by atoms with E-state index in [0.717, 1.165) is 12.8 Å². The van der Waals surface area contributed by atoms with Gasteiger partial charge in [-0.3, -0.25) is 0 Å². The van der Waals surface area contributed by atoms with E-state index in [1.807, 2.05) is 0 Å². The molecule has 0 unspecified atom stereocenters. The van der Waals surface area contributed by atoms with E-state index in [2.05, 4.69) is 12.2 Å². The van der Waals surface area contributed by atoms with Crippen LogP contribution in [0.2, 0.25) is 0 Å². The lowest BCUT2D eigenvalue weighted by Gasteiger charge is -1.93. The van der Waals surface area contributed by atoms with Crippen molar-refractivity contribution in [2.24, 2.45) is 5.92 Å². The molecule has 0 aliphatic heterocycles. The van der Waals surface area contributed by atoms with Crippen molar-refractivity contribution in [3.8, 4) is 0 Å². The highest BCUT2D eigenvalue weighted by molar-refractivity contribution is 5.46. The first-order chi connectivity index (χ1) is 3.93. The summed E-state index contributed by atoms with van der Waals surface area (Å²) >= 11 is 0. The standard InChI is InChI=1S/C7H8O/c8-6-5-7-3-1-2-4-7/h1-2,5,7H,3-4H2. The first kappa shape index (κ1) is 5.33. The van der Waals surface area contributed by atoms with Crippen LogP contribution in [0.25, 0.3) is 0 Å². The molecule has 0 aromatic rings. The van der Waals surface area contributed by atoms with E-state index in [4.69, 9.17) is 0 Å². The van der Waals surface area contributed by atoms with Gasteiger partial charge in [-0.05, 0) is 18.8 Å². The molecule has 42 valence electrons. The highest BCUT2D eigenvalue weighted by Gasteiger charge is 2.04. The molecule has 0 amide bonds. The minimum absolute atomic E-state index is 0.451. The fourth-order valence-corrected chi connectivity index (χ4v) is 0.871. The summed E-state index contributed by atoms with van der Waals surface area (Å²) in [6.45, 7) is 0. The summed E-state index contributed by atoms with van der Waals surface area (Å²) in [6, 6.07) is 0. The molecule has 1 aliphatic rings. The lowest BCUT2D eigenvalue weighted by Crippen LogP contribution is -1.85. The lowest BCUT2D eigenvalue weighted by atomic mass is 10.1. The van der Waals surface area contributed by atoms with Gasteiger partial charge in [0.1, 0.15) is 5.94 Å². The largest absolute Gasteiger partial charge is 0.234 e. The molecule has 0 bridgehead atoms. The summed E-state index contributed by atoms with van der Waals surface area (Å²) in [4.78, 5) is 9.75. The minimum atomic E-state index is 0.451. The van der Waals surface area contributed by atoms with Crippen molar-refractivity contribution < 1.29 is 4.79 Å². The van der Waals surface area contributed by atoms with Crippen LogP contribution in [-0.4, -0.2) is 5.94 Å². The molecule has 0 atom stereocenters. The zero-order valence-corrected chi connectivity index (χ0v) is 4.63. The zero-order valence-electron chi connectivity index (χ0n) is 4.63. The van der Waals surface area contributed by atoms with Gasteiger partial charge in [0.2, 0.25) is 0 Å². The van der Waals surface area contributed by atoms with Gasteiger partial charge in [-0.25, -0.2) is 4.79 Å². The predicted molar refractivity (Wildman–Crippen MR) is 32.1 cm³/mol. The van der Waals surface area contributed by atoms with Gasteiger partial charge in [-0.2, -0.15) is 0 Å². The van der Waals surface area contributed by atoms with Crippen LogP contribution >= 0.6 is 0 Å². The van der Waals surface area contributed by atoms with Crippen LogP contribution in [-0.2, 0) is 4.79 Å². The van der Waals surface area contributed by atoms with Gasteiger partial charge in [-0.15, -0.1) is 0 Å². The fourth-order valence-electron chi connectivity index (χ4n) is 0.871. The maximum absolute atomic E-state index is 9.75. The highest BCUT2D eigenvalue weighted by Crippen LogP contribution is 2.17. The molecule has 1 rings (SSSR count). The third-order valence-electron chi connectivity index (χ3n) is 1.35. The van der Waals surface area contributed by atoms with E-state index < -0.39 is 0 Å². The van der Waals surface area contributed by atoms with E-state index in [-0.39, 0.29) is 0 Å². The van der Waals surface area contributed by atoms with Crippen LogP contribution < -0.4 is 0 Å². The van der Waals surface area contributed by atoms with Gasteiger partial charge < -0.3 is 0 Å². The Morgan fingerprint density at radius 1 is 1.50 bits per heavy atom. The molecule has 0 radical (unpaired) electrons. The average molecular weight is 108 g/mol. The van der Waals surface area contributed by atoms with Crippen LogP contribution in [0, 0.1) is 5.92 Å². The monoisotopic (exact) mass is 108 g/mol. The predicted octanol–water partition coefficient (Wildman–Crippen LogP) is 1.34. The first-order valence-electron chi connectivity index (χ1n) is 2.79. The fraction of sp³-hybridized carbons (Fsp3) is 0.429. The number of hydrogen-bond acceptors (Lipinski definition) is 1. The van der Waals surface area contributed by atoms with Crippen molar-refractivity contribution in [2.75, 3.05) is 0 Å². The van der Waals surface area contributed by atoms with Crippen molar-refractivity contribution in [1.82, 2.24) is 0 Å². The Balaban J connectivity index is 2.40. The second-order valence-electron chi connectivity index (χ2n) is 1.99. The molecule has 0 heterocycles. The Kier molecular flexibility index (Phi) is 1.66. The molecular formula is C7H8O. The van der Waals surface area contributed by atoms with Crippen LogP contribution in [0.4, 0.5) is 0 Å². The topological polar surface area (TPSA) is 17.1 Å². The number of rotatable bonds is 1. The summed E-state index contributed by atoms with van der Waals surface area (Å²) in [5.74, 6) is 2.25. The third-order valence-corrected chi connectivity index (χ3v) is 1.35. The normalized spacial score (nSPS) is 18.5. The van der Waals surface area contributed by atoms with Gasteiger partial charge in [0, 0.05) is 6.08 Å². The van der Waals surface area contributed by atoms with Crippen molar-refractivity contribution in [2.45, 2.75) is 12.8 Å². The van der Waals surface area contributed by atoms with E-state index in [0.29, 0.717) is 5.92 Å². The van der Waals surface area contributed by atoms with Crippen LogP contribution in [0.15, 0.2) is 18.2 Å². The maximum Gasteiger partial charge on any atom is 0.120 e. The number of carbonyl (C=O) groups excluding carboxylic acids is 1. The van der Waals surface area contributed by atoms with Gasteiger partial charge in [-0.1, -0.05) is 12.2 Å². The smallest absolute Gasteiger partial charge is 0.120 e. The Morgan fingerprint density at radius 2 is 2.12 bits per heavy atom. The molecule has 0 aromatic heterocycles. The molecule has 0 saturated carbocycles. The summed E-state index contributed by atoms with van der Waals surface area (Å²) < 4.78 is 0. The first-order valence-corrected chi connectivity index (χ1v) is 2.79. The van der Waals surface area contributed by atoms with E-state index in [1.165, 1.54) is 0 Å². The molecule has 1 aliphatic carbocycles. The summed E-state index contributed by atoms with van der Waals surface area (Å²) in [5, 5.41) is 0. The van der Waals surface area contributed by atoms with E-state index in [9.17, 15) is 4.79 Å². The zero-order chi connectivity index (χ0) is 5.82. The number of hydrogen-bond donors (Lipinski definition) is 0. The molecule has 0 N–H and O–H groups in total. The van der Waals surface area contributed by atoms with Crippen molar-refractivity contribution in [1.29, 1.82) is 0 Å². The van der Waals surface area contributed by atoms with E-state index >= 15 is 0 Å². The Bertz CT molecular complexity index is 132. The number of allylic oxidation sites excluding steroid dienone is 3. The second-order valence-corrected chi connectivity index (χ2v) is 1.99. The lowest BCUT2D eigenvalue weighted by molar-refractivity contribution is 0.565. The van der Waals surface area contributed by atoms with Crippen molar-refractivity contribution >= 4 is 5.94 Å². The van der Waals surface area contributed by atoms with Crippen molar-refractivity contribution in [3.63, 3.8) is 0 Å². The summed E-state index contributed by atoms with van der Waals surface area (Å²) in [5.41, 5.74) is 0. The minimum Gasteiger partial charge on any atom is -0.234 e. The molecule has 0 fully saturated rings. The van der Waals surface area contributed by atoms with Crippen LogP contribution in [0.1, 0.15) is 12.8 Å². The van der Waals surface area contributed by atoms with Gasteiger partial charge in [0.05, 0.1) is 0 Å². The SMILES string of the molecule is O=C=CC1CC=CC1. The van der Waals surface area contributed by atoms with Crippen molar-refractivity contribution in [3.05, 3.63) is 18.2 Å². The molecule has 0 saturated heterocycles.